The quantitative estimate of drug-likeness (QED) is 0.443. The molecular weight excluding hydrogens is 240 g/mol. The van der Waals surface area contributed by atoms with Crippen molar-refractivity contribution >= 4 is 0 Å². The van der Waals surface area contributed by atoms with Crippen LogP contribution in [0.1, 0.15) is 52.4 Å². The topological polar surface area (TPSA) is 57.5 Å². The first-order chi connectivity index (χ1) is 6.83. The Balaban J connectivity index is -0.0000000393. The Morgan fingerprint density at radius 3 is 1.06 bits per heavy atom. The molecule has 0 unspecified atom stereocenters. The average molecular weight is 270 g/mol. The monoisotopic (exact) mass is 270 g/mol. The van der Waals surface area contributed by atoms with Gasteiger partial charge in [0.15, 0.2) is 0 Å². The summed E-state index contributed by atoms with van der Waals surface area (Å²) in [5, 5.41) is 16.4. The normalized spacial score (nSPS) is 7.12. The molecule has 2 N–H and O–H groups in total. The fourth-order valence-corrected chi connectivity index (χ4v) is 0.724. The molecule has 0 aromatic rings. The molecule has 0 aromatic carbocycles. The third-order valence-electron chi connectivity index (χ3n) is 1.52. The van der Waals surface area contributed by atoms with Crippen molar-refractivity contribution in [2.75, 3.05) is 13.2 Å². The van der Waals surface area contributed by atoms with Gasteiger partial charge in [0.1, 0.15) is 0 Å². The van der Waals surface area contributed by atoms with Gasteiger partial charge < -0.3 is 25.1 Å². The van der Waals surface area contributed by atoms with Gasteiger partial charge in [-0.25, -0.2) is 0 Å². The number of aliphatic hydroxyl groups is 2. The van der Waals surface area contributed by atoms with Gasteiger partial charge in [-0.2, -0.15) is 0 Å². The molecular formula is C12H30O3Ti. The standard InChI is InChI=1S/2C5H12O.2CH3.O.Ti/c2*1-2-3-4-5-6;;;;/h2*6H,2-5H2,1H3;2*1H3;;/q;;2*-1;;+2. The van der Waals surface area contributed by atoms with Crippen molar-refractivity contribution in [2.45, 2.75) is 52.4 Å². The first-order valence-electron chi connectivity index (χ1n) is 5.25. The summed E-state index contributed by atoms with van der Waals surface area (Å²) in [6, 6.07) is 0. The molecule has 16 heavy (non-hydrogen) atoms. The SMILES string of the molecule is CCCCCO.CCCCCO.[CH3-].[CH3-].[O]=[Ti+2]. The summed E-state index contributed by atoms with van der Waals surface area (Å²) < 4.78 is 8.25. The molecule has 4 heteroatoms. The van der Waals surface area contributed by atoms with E-state index in [-0.39, 0.29) is 14.9 Å². The number of rotatable bonds is 6. The minimum absolute atomic E-state index is 0. The van der Waals surface area contributed by atoms with E-state index in [1.54, 1.807) is 0 Å². The van der Waals surface area contributed by atoms with E-state index in [0.29, 0.717) is 13.2 Å². The van der Waals surface area contributed by atoms with Crippen LogP contribution in [0.25, 0.3) is 0 Å². The van der Waals surface area contributed by atoms with Crippen LogP contribution in [0.3, 0.4) is 0 Å². The molecule has 0 heterocycles. The second kappa shape index (κ2) is 45.2. The minimum atomic E-state index is 0. The molecule has 0 fully saturated rings. The Bertz CT molecular complexity index is 57.3. The maximum absolute atomic E-state index is 8.25. The van der Waals surface area contributed by atoms with Crippen molar-refractivity contribution in [1.82, 2.24) is 0 Å². The van der Waals surface area contributed by atoms with Gasteiger partial charge in [0.2, 0.25) is 0 Å². The van der Waals surface area contributed by atoms with Gasteiger partial charge in [-0.3, -0.25) is 0 Å². The van der Waals surface area contributed by atoms with E-state index in [0.717, 1.165) is 46.1 Å². The van der Waals surface area contributed by atoms with E-state index in [1.807, 2.05) is 0 Å². The molecule has 0 saturated heterocycles. The van der Waals surface area contributed by atoms with Crippen LogP contribution in [0.4, 0.5) is 0 Å². The van der Waals surface area contributed by atoms with Crippen molar-refractivity contribution in [1.29, 1.82) is 0 Å². The van der Waals surface area contributed by atoms with Crippen LogP contribution in [0.2, 0.25) is 0 Å². The van der Waals surface area contributed by atoms with Gasteiger partial charge in [0.25, 0.3) is 0 Å². The fraction of sp³-hybridized carbons (Fsp3) is 0.833. The van der Waals surface area contributed by atoms with Crippen LogP contribution < -0.4 is 0 Å². The summed E-state index contributed by atoms with van der Waals surface area (Å²) >= 11 is 0.750. The van der Waals surface area contributed by atoms with Gasteiger partial charge in [0.05, 0.1) is 0 Å². The van der Waals surface area contributed by atoms with Crippen LogP contribution in [0, 0.1) is 14.9 Å². The fourth-order valence-electron chi connectivity index (χ4n) is 0.724. The maximum atomic E-state index is 8.25. The summed E-state index contributed by atoms with van der Waals surface area (Å²) in [5.41, 5.74) is 0. The number of hydrogen-bond donors (Lipinski definition) is 2. The summed E-state index contributed by atoms with van der Waals surface area (Å²) in [6.07, 6.45) is 6.65. The van der Waals surface area contributed by atoms with Gasteiger partial charge in [-0.15, -0.1) is 0 Å². The van der Waals surface area contributed by atoms with Gasteiger partial charge in [0, 0.05) is 13.2 Å². The molecule has 0 saturated carbocycles. The van der Waals surface area contributed by atoms with Crippen LogP contribution in [-0.2, 0) is 23.7 Å². The van der Waals surface area contributed by atoms with E-state index in [4.69, 9.17) is 13.5 Å². The number of aliphatic hydroxyl groups excluding tert-OH is 2. The zero-order chi connectivity index (χ0) is 11.7. The first-order valence-corrected chi connectivity index (χ1v) is 5.89. The van der Waals surface area contributed by atoms with E-state index < -0.39 is 0 Å². The zero-order valence-electron chi connectivity index (χ0n) is 11.5. The zero-order valence-corrected chi connectivity index (χ0v) is 13.0. The molecule has 3 nitrogen and oxygen atoms in total. The predicted octanol–water partition coefficient (Wildman–Crippen LogP) is 3.12. The second-order valence-corrected chi connectivity index (χ2v) is 2.86. The third kappa shape index (κ3) is 62.9. The van der Waals surface area contributed by atoms with E-state index in [2.05, 4.69) is 13.8 Å². The molecule has 0 aliphatic carbocycles. The molecule has 0 aliphatic heterocycles. The summed E-state index contributed by atoms with van der Waals surface area (Å²) in [6.45, 7) is 4.95. The van der Waals surface area contributed by atoms with Crippen LogP contribution in [0.15, 0.2) is 0 Å². The Kier molecular flexibility index (Phi) is 84.6. The molecule has 0 aromatic heterocycles. The van der Waals surface area contributed by atoms with Gasteiger partial charge in [-0.1, -0.05) is 39.5 Å². The summed E-state index contributed by atoms with van der Waals surface area (Å²) in [7, 11) is 0. The van der Waals surface area contributed by atoms with Crippen molar-refractivity contribution in [2.24, 2.45) is 0 Å². The molecule has 0 atom stereocenters. The van der Waals surface area contributed by atoms with Gasteiger partial charge >= 0.3 is 23.7 Å². The second-order valence-electron chi connectivity index (χ2n) is 2.86. The number of unbranched alkanes of at least 4 members (excludes halogenated alkanes) is 4. The first kappa shape index (κ1) is 29.9. The third-order valence-corrected chi connectivity index (χ3v) is 1.52. The van der Waals surface area contributed by atoms with Crippen LogP contribution in [0.5, 0.6) is 0 Å². The summed E-state index contributed by atoms with van der Waals surface area (Å²) in [4.78, 5) is 0. The van der Waals surface area contributed by atoms with Crippen LogP contribution >= 0.6 is 0 Å². The van der Waals surface area contributed by atoms with Crippen molar-refractivity contribution in [3.63, 3.8) is 0 Å². The Hall–Kier alpha value is 0.434. The molecule has 0 rings (SSSR count). The van der Waals surface area contributed by atoms with Crippen molar-refractivity contribution < 1.29 is 33.9 Å². The van der Waals surface area contributed by atoms with Crippen molar-refractivity contribution in [3.8, 4) is 0 Å². The summed E-state index contributed by atoms with van der Waals surface area (Å²) in [5.74, 6) is 0. The molecule has 0 aliphatic rings. The van der Waals surface area contributed by atoms with E-state index in [9.17, 15) is 0 Å². The predicted molar refractivity (Wildman–Crippen MR) is 66.7 cm³/mol. The Morgan fingerprint density at radius 1 is 0.750 bits per heavy atom. The molecule has 0 radical (unpaired) electrons. The molecule has 0 bridgehead atoms. The number of hydrogen-bond acceptors (Lipinski definition) is 3. The molecule has 0 amide bonds. The van der Waals surface area contributed by atoms with Gasteiger partial charge in [-0.05, 0) is 12.8 Å². The van der Waals surface area contributed by atoms with E-state index in [1.165, 1.54) is 12.8 Å². The Morgan fingerprint density at radius 2 is 1.00 bits per heavy atom. The molecule has 0 spiro atoms. The Labute approximate surface area is 114 Å². The average Bonchev–Trinajstić information content (AvgIpc) is 2.27. The van der Waals surface area contributed by atoms with Crippen molar-refractivity contribution in [3.05, 3.63) is 14.9 Å². The molecule has 100 valence electrons. The van der Waals surface area contributed by atoms with Crippen LogP contribution in [-0.4, -0.2) is 23.4 Å². The van der Waals surface area contributed by atoms with E-state index >= 15 is 0 Å².